The third kappa shape index (κ3) is 4.55. The van der Waals surface area contributed by atoms with Gasteiger partial charge in [0.15, 0.2) is 17.3 Å². The summed E-state index contributed by atoms with van der Waals surface area (Å²) in [6, 6.07) is 15.5. The summed E-state index contributed by atoms with van der Waals surface area (Å²) < 4.78 is 21.9. The molecule has 186 valence electrons. The Balaban J connectivity index is 1.55. The van der Waals surface area contributed by atoms with Crippen molar-refractivity contribution in [2.24, 2.45) is 0 Å². The highest BCUT2D eigenvalue weighted by Crippen LogP contribution is 2.46. The van der Waals surface area contributed by atoms with Crippen molar-refractivity contribution in [2.75, 3.05) is 14.2 Å². The molecule has 0 saturated carbocycles. The van der Waals surface area contributed by atoms with E-state index >= 15 is 0 Å². The number of carboxylic acid groups (broad SMARTS) is 1. The van der Waals surface area contributed by atoms with Crippen LogP contribution in [0.2, 0.25) is 5.02 Å². The van der Waals surface area contributed by atoms with Gasteiger partial charge in [-0.05, 0) is 42.8 Å². The van der Waals surface area contributed by atoms with Crippen molar-refractivity contribution in [1.29, 1.82) is 0 Å². The van der Waals surface area contributed by atoms with Crippen LogP contribution >= 0.6 is 11.6 Å². The van der Waals surface area contributed by atoms with Gasteiger partial charge in [-0.25, -0.2) is 4.98 Å². The first-order valence-corrected chi connectivity index (χ1v) is 11.8. The van der Waals surface area contributed by atoms with Crippen LogP contribution in [0.1, 0.15) is 41.3 Å². The molecule has 0 aliphatic carbocycles. The Morgan fingerprint density at radius 2 is 2.00 bits per heavy atom. The van der Waals surface area contributed by atoms with Gasteiger partial charge < -0.3 is 23.9 Å². The average molecular weight is 509 g/mol. The monoisotopic (exact) mass is 508 g/mol. The van der Waals surface area contributed by atoms with Gasteiger partial charge >= 0.3 is 5.97 Å². The molecule has 0 fully saturated rings. The van der Waals surface area contributed by atoms with Crippen molar-refractivity contribution in [1.82, 2.24) is 19.3 Å². The highest BCUT2D eigenvalue weighted by molar-refractivity contribution is 6.30. The predicted molar refractivity (Wildman–Crippen MR) is 132 cm³/mol. The summed E-state index contributed by atoms with van der Waals surface area (Å²) in [4.78, 5) is 15.1. The number of fused-ring (bicyclic) bond motifs is 3. The van der Waals surface area contributed by atoms with Gasteiger partial charge in [-0.3, -0.25) is 9.48 Å². The molecule has 0 spiro atoms. The van der Waals surface area contributed by atoms with Gasteiger partial charge in [0.25, 0.3) is 0 Å². The van der Waals surface area contributed by atoms with Crippen LogP contribution in [-0.2, 0) is 22.5 Å². The molecule has 0 bridgehead atoms. The summed E-state index contributed by atoms with van der Waals surface area (Å²) >= 11 is 6.45. The van der Waals surface area contributed by atoms with Gasteiger partial charge in [0.05, 0.1) is 25.6 Å². The molecule has 2 atom stereocenters. The third-order valence-corrected chi connectivity index (χ3v) is 6.41. The molecule has 1 aliphatic heterocycles. The number of aromatic nitrogens is 4. The van der Waals surface area contributed by atoms with Gasteiger partial charge in [0, 0.05) is 28.9 Å². The van der Waals surface area contributed by atoms with E-state index < -0.39 is 12.1 Å². The zero-order chi connectivity index (χ0) is 25.2. The number of halogens is 1. The van der Waals surface area contributed by atoms with Crippen LogP contribution in [0.5, 0.6) is 11.5 Å². The maximum atomic E-state index is 11.0. The van der Waals surface area contributed by atoms with Crippen molar-refractivity contribution in [2.45, 2.75) is 31.6 Å². The Hall–Kier alpha value is -3.82. The van der Waals surface area contributed by atoms with Crippen LogP contribution in [0.25, 0.3) is 5.69 Å². The Bertz CT molecular complexity index is 1400. The minimum Gasteiger partial charge on any atom is -0.493 e. The van der Waals surface area contributed by atoms with E-state index in [2.05, 4.69) is 14.6 Å². The van der Waals surface area contributed by atoms with Crippen molar-refractivity contribution >= 4 is 17.6 Å². The number of aryl methyl sites for hydroxylation is 1. The third-order valence-electron chi connectivity index (χ3n) is 6.17. The quantitative estimate of drug-likeness (QED) is 0.370. The average Bonchev–Trinajstić information content (AvgIpc) is 3.51. The van der Waals surface area contributed by atoms with Gasteiger partial charge in [0.1, 0.15) is 25.0 Å². The fraction of sp³-hybridized carbons (Fsp3) is 0.269. The summed E-state index contributed by atoms with van der Waals surface area (Å²) in [5.74, 6) is 0.505. The standard InChI is InChI=1S/C26H25ClN4O5/c1-34-22-7-3-5-17(26(22)35-2)25-18-13-16(27)8-9-19(18)31-11-4-6-20(31)21(36-25)10-12-30-15-28-23(29-30)14-24(32)33/h3-9,11,13,15,21,25H,10,12,14H2,1-2H3,(H,32,33)/t21-,25-/m1/s1. The number of hydrogen-bond acceptors (Lipinski definition) is 6. The van der Waals surface area contributed by atoms with Gasteiger partial charge in [-0.1, -0.05) is 23.7 Å². The van der Waals surface area contributed by atoms with E-state index in [4.69, 9.17) is 30.9 Å². The first-order valence-electron chi connectivity index (χ1n) is 11.4. The van der Waals surface area contributed by atoms with E-state index in [1.807, 2.05) is 54.7 Å². The number of carboxylic acids is 1. The van der Waals surface area contributed by atoms with E-state index in [-0.39, 0.29) is 18.3 Å². The molecule has 2 aromatic heterocycles. The molecule has 1 N–H and O–H groups in total. The molecule has 1 aliphatic rings. The summed E-state index contributed by atoms with van der Waals surface area (Å²) in [5, 5.41) is 13.9. The number of para-hydroxylation sites is 1. The number of hydrogen-bond donors (Lipinski definition) is 1. The Morgan fingerprint density at radius 1 is 1.14 bits per heavy atom. The summed E-state index contributed by atoms with van der Waals surface area (Å²) in [6.45, 7) is 0.488. The molecule has 0 unspecified atom stereocenters. The fourth-order valence-electron chi connectivity index (χ4n) is 4.62. The molecule has 2 aromatic carbocycles. The molecule has 5 rings (SSSR count). The van der Waals surface area contributed by atoms with Crippen molar-refractivity contribution in [3.63, 3.8) is 0 Å². The number of benzene rings is 2. The van der Waals surface area contributed by atoms with Gasteiger partial charge in [0.2, 0.25) is 0 Å². The Kier molecular flexibility index (Phi) is 6.67. The predicted octanol–water partition coefficient (Wildman–Crippen LogP) is 4.62. The van der Waals surface area contributed by atoms with Crippen molar-refractivity contribution < 1.29 is 24.1 Å². The molecule has 0 saturated heterocycles. The lowest BCUT2D eigenvalue weighted by Crippen LogP contribution is -2.14. The van der Waals surface area contributed by atoms with Crippen LogP contribution in [0.4, 0.5) is 0 Å². The van der Waals surface area contributed by atoms with E-state index in [1.54, 1.807) is 25.2 Å². The largest absolute Gasteiger partial charge is 0.493 e. The molecular weight excluding hydrogens is 484 g/mol. The molecule has 3 heterocycles. The topological polar surface area (TPSA) is 101 Å². The van der Waals surface area contributed by atoms with Crippen LogP contribution in [0.3, 0.4) is 0 Å². The molecular formula is C26H25ClN4O5. The summed E-state index contributed by atoms with van der Waals surface area (Å²) in [7, 11) is 3.21. The number of aliphatic carboxylic acids is 1. The lowest BCUT2D eigenvalue weighted by atomic mass is 9.98. The van der Waals surface area contributed by atoms with Crippen LogP contribution in [0.15, 0.2) is 61.1 Å². The maximum absolute atomic E-state index is 11.0. The number of methoxy groups -OCH3 is 2. The maximum Gasteiger partial charge on any atom is 0.311 e. The van der Waals surface area contributed by atoms with Crippen LogP contribution in [0, 0.1) is 0 Å². The first kappa shape index (κ1) is 23.9. The normalized spacial score (nSPS) is 16.6. The first-order chi connectivity index (χ1) is 17.5. The van der Waals surface area contributed by atoms with Gasteiger partial charge in [-0.2, -0.15) is 5.10 Å². The summed E-state index contributed by atoms with van der Waals surface area (Å²) in [5.41, 5.74) is 3.66. The van der Waals surface area contributed by atoms with E-state index in [1.165, 1.54) is 0 Å². The number of rotatable bonds is 8. The zero-order valence-corrected chi connectivity index (χ0v) is 20.6. The molecule has 0 amide bonds. The van der Waals surface area contributed by atoms with Crippen LogP contribution in [-0.4, -0.2) is 44.6 Å². The van der Waals surface area contributed by atoms with E-state index in [0.717, 1.165) is 22.5 Å². The molecule has 10 heteroatoms. The molecule has 36 heavy (non-hydrogen) atoms. The zero-order valence-electron chi connectivity index (χ0n) is 19.8. The Labute approximate surface area is 212 Å². The van der Waals surface area contributed by atoms with Crippen LogP contribution < -0.4 is 9.47 Å². The molecule has 0 radical (unpaired) electrons. The minimum absolute atomic E-state index is 0.219. The lowest BCUT2D eigenvalue weighted by molar-refractivity contribution is -0.136. The number of nitrogens with zero attached hydrogens (tertiary/aromatic N) is 4. The smallest absolute Gasteiger partial charge is 0.311 e. The lowest BCUT2D eigenvalue weighted by Gasteiger charge is -2.25. The van der Waals surface area contributed by atoms with Crippen molar-refractivity contribution in [3.05, 3.63) is 88.7 Å². The van der Waals surface area contributed by atoms with E-state index in [9.17, 15) is 4.79 Å². The molecule has 4 aromatic rings. The second-order valence-corrected chi connectivity index (χ2v) is 8.81. The van der Waals surface area contributed by atoms with Crippen molar-refractivity contribution in [3.8, 4) is 17.2 Å². The number of ether oxygens (including phenoxy) is 3. The minimum atomic E-state index is -0.968. The molecule has 9 nitrogen and oxygen atoms in total. The number of carbonyl (C=O) groups is 1. The SMILES string of the molecule is COc1cccc([C@H]2O[C@H](CCn3cnc(CC(=O)O)n3)c3cccn3-c3ccc(Cl)cc32)c1OC. The van der Waals surface area contributed by atoms with E-state index in [0.29, 0.717) is 29.5 Å². The second kappa shape index (κ2) is 10.0. The fourth-order valence-corrected chi connectivity index (χ4v) is 4.80. The summed E-state index contributed by atoms with van der Waals surface area (Å²) in [6.07, 6.45) is 3.09. The highest BCUT2D eigenvalue weighted by Gasteiger charge is 2.32. The second-order valence-electron chi connectivity index (χ2n) is 8.38. The Morgan fingerprint density at radius 3 is 2.78 bits per heavy atom. The highest BCUT2D eigenvalue weighted by atomic mass is 35.5. The van der Waals surface area contributed by atoms with Gasteiger partial charge in [-0.15, -0.1) is 0 Å².